The summed E-state index contributed by atoms with van der Waals surface area (Å²) in [7, 11) is 0. The van der Waals surface area contributed by atoms with E-state index in [9.17, 15) is 8.78 Å². The van der Waals surface area contributed by atoms with Gasteiger partial charge >= 0.3 is 5.92 Å². The van der Waals surface area contributed by atoms with Crippen LogP contribution in [0.3, 0.4) is 0 Å². The summed E-state index contributed by atoms with van der Waals surface area (Å²) in [5, 5.41) is 0. The molecule has 0 amide bonds. The third-order valence-electron chi connectivity index (χ3n) is 1.14. The molecule has 0 fully saturated rings. The number of oxazole rings is 1. The van der Waals surface area contributed by atoms with E-state index in [0.717, 1.165) is 13.2 Å². The van der Waals surface area contributed by atoms with Gasteiger partial charge in [0, 0.05) is 13.5 Å². The molecule has 0 saturated carbocycles. The number of hydrogen-bond donors (Lipinski definition) is 1. The first-order chi connectivity index (χ1) is 5.04. The predicted octanol–water partition coefficient (Wildman–Crippen LogP) is 1.25. The first kappa shape index (κ1) is 8.13. The van der Waals surface area contributed by atoms with Crippen LogP contribution in [-0.4, -0.2) is 4.98 Å². The van der Waals surface area contributed by atoms with Crippen molar-refractivity contribution in [2.24, 2.45) is 5.73 Å². The van der Waals surface area contributed by atoms with Crippen LogP contribution >= 0.6 is 0 Å². The fraction of sp³-hybridized carbons (Fsp3) is 0.500. The molecule has 1 heterocycles. The third-order valence-corrected chi connectivity index (χ3v) is 1.14. The molecule has 0 radical (unpaired) electrons. The zero-order valence-electron chi connectivity index (χ0n) is 5.97. The first-order valence-electron chi connectivity index (χ1n) is 3.07. The lowest BCUT2D eigenvalue weighted by Crippen LogP contribution is -2.08. The highest BCUT2D eigenvalue weighted by molar-refractivity contribution is 4.99. The Labute approximate surface area is 62.2 Å². The topological polar surface area (TPSA) is 52.0 Å². The van der Waals surface area contributed by atoms with E-state index < -0.39 is 11.8 Å². The van der Waals surface area contributed by atoms with E-state index in [0.29, 0.717) is 5.69 Å². The molecule has 0 saturated heterocycles. The lowest BCUT2D eigenvalue weighted by atomic mass is 10.4. The Hall–Kier alpha value is -0.970. The summed E-state index contributed by atoms with van der Waals surface area (Å²) < 4.78 is 29.3. The van der Waals surface area contributed by atoms with Crippen molar-refractivity contribution in [2.75, 3.05) is 0 Å². The molecule has 0 spiro atoms. The Morgan fingerprint density at radius 3 is 2.64 bits per heavy atom. The fourth-order valence-electron chi connectivity index (χ4n) is 0.602. The van der Waals surface area contributed by atoms with Gasteiger partial charge in [-0.1, -0.05) is 0 Å². The quantitative estimate of drug-likeness (QED) is 0.711. The lowest BCUT2D eigenvalue weighted by Gasteiger charge is -2.02. The van der Waals surface area contributed by atoms with E-state index in [1.54, 1.807) is 0 Å². The summed E-state index contributed by atoms with van der Waals surface area (Å²) in [4.78, 5) is 3.46. The minimum absolute atomic E-state index is 0.111. The summed E-state index contributed by atoms with van der Waals surface area (Å²) in [5.74, 6) is -3.61. The van der Waals surface area contributed by atoms with Crippen LogP contribution < -0.4 is 5.73 Å². The van der Waals surface area contributed by atoms with Crippen LogP contribution in [0.2, 0.25) is 0 Å². The van der Waals surface area contributed by atoms with Crippen molar-refractivity contribution >= 4 is 0 Å². The van der Waals surface area contributed by atoms with Crippen LogP contribution in [0.15, 0.2) is 10.7 Å². The summed E-state index contributed by atoms with van der Waals surface area (Å²) in [5.41, 5.74) is 5.47. The highest BCUT2D eigenvalue weighted by Crippen LogP contribution is 2.25. The van der Waals surface area contributed by atoms with Gasteiger partial charge in [-0.3, -0.25) is 0 Å². The van der Waals surface area contributed by atoms with Crippen molar-refractivity contribution in [1.29, 1.82) is 0 Å². The smallest absolute Gasteiger partial charge is 0.319 e. The van der Waals surface area contributed by atoms with Gasteiger partial charge in [0.25, 0.3) is 5.89 Å². The second kappa shape index (κ2) is 2.58. The molecule has 0 atom stereocenters. The molecule has 11 heavy (non-hydrogen) atoms. The molecule has 3 nitrogen and oxygen atoms in total. The van der Waals surface area contributed by atoms with E-state index in [1.807, 2.05) is 0 Å². The average Bonchev–Trinajstić information content (AvgIpc) is 2.32. The minimum Gasteiger partial charge on any atom is -0.443 e. The van der Waals surface area contributed by atoms with E-state index in [2.05, 4.69) is 9.40 Å². The van der Waals surface area contributed by atoms with Crippen LogP contribution in [0.1, 0.15) is 18.5 Å². The van der Waals surface area contributed by atoms with Crippen molar-refractivity contribution in [3.05, 3.63) is 17.8 Å². The van der Waals surface area contributed by atoms with Crippen molar-refractivity contribution < 1.29 is 13.2 Å². The number of aromatic nitrogens is 1. The van der Waals surface area contributed by atoms with E-state index in [1.165, 1.54) is 0 Å². The molecular weight excluding hydrogens is 154 g/mol. The Kier molecular flexibility index (Phi) is 1.90. The first-order valence-corrected chi connectivity index (χ1v) is 3.07. The van der Waals surface area contributed by atoms with Gasteiger partial charge < -0.3 is 10.2 Å². The fourth-order valence-corrected chi connectivity index (χ4v) is 0.602. The van der Waals surface area contributed by atoms with E-state index in [-0.39, 0.29) is 6.54 Å². The average molecular weight is 162 g/mol. The SMILES string of the molecule is CC(F)(F)c1nc(CN)co1. The molecule has 0 aromatic carbocycles. The number of nitrogens with zero attached hydrogens (tertiary/aromatic N) is 1. The van der Waals surface area contributed by atoms with Gasteiger partial charge in [0.2, 0.25) is 0 Å². The van der Waals surface area contributed by atoms with Gasteiger partial charge in [-0.05, 0) is 0 Å². The standard InChI is InChI=1S/C6H8F2N2O/c1-6(7,8)5-10-4(2-9)3-11-5/h3H,2,9H2,1H3. The highest BCUT2D eigenvalue weighted by atomic mass is 19.3. The third kappa shape index (κ3) is 1.74. The number of halogens is 2. The van der Waals surface area contributed by atoms with Crippen LogP contribution in [0.4, 0.5) is 8.78 Å². The molecule has 0 aliphatic heterocycles. The maximum absolute atomic E-state index is 12.4. The zero-order valence-corrected chi connectivity index (χ0v) is 5.97. The monoisotopic (exact) mass is 162 g/mol. The molecule has 1 aromatic rings. The van der Waals surface area contributed by atoms with Crippen molar-refractivity contribution in [3.8, 4) is 0 Å². The number of alkyl halides is 2. The summed E-state index contributed by atoms with van der Waals surface area (Å²) in [6, 6.07) is 0. The minimum atomic E-state index is -3.02. The molecule has 0 aliphatic rings. The summed E-state index contributed by atoms with van der Waals surface area (Å²) in [6.45, 7) is 0.832. The number of nitrogens with two attached hydrogens (primary N) is 1. The maximum Gasteiger partial charge on any atom is 0.319 e. The van der Waals surface area contributed by atoms with Gasteiger partial charge in [0.1, 0.15) is 6.26 Å². The van der Waals surface area contributed by atoms with Crippen LogP contribution in [0.5, 0.6) is 0 Å². The number of rotatable bonds is 2. The van der Waals surface area contributed by atoms with Gasteiger partial charge in [-0.2, -0.15) is 8.78 Å². The molecule has 1 aromatic heterocycles. The maximum atomic E-state index is 12.4. The van der Waals surface area contributed by atoms with Crippen molar-refractivity contribution in [1.82, 2.24) is 4.98 Å². The Balaban J connectivity index is 2.89. The van der Waals surface area contributed by atoms with Crippen molar-refractivity contribution in [3.63, 3.8) is 0 Å². The summed E-state index contributed by atoms with van der Waals surface area (Å²) >= 11 is 0. The lowest BCUT2D eigenvalue weighted by molar-refractivity contribution is -0.0109. The second-order valence-electron chi connectivity index (χ2n) is 2.24. The van der Waals surface area contributed by atoms with Crippen LogP contribution in [0.25, 0.3) is 0 Å². The second-order valence-corrected chi connectivity index (χ2v) is 2.24. The molecule has 0 bridgehead atoms. The van der Waals surface area contributed by atoms with Crippen molar-refractivity contribution in [2.45, 2.75) is 19.4 Å². The predicted molar refractivity (Wildman–Crippen MR) is 34.0 cm³/mol. The number of hydrogen-bond acceptors (Lipinski definition) is 3. The zero-order chi connectivity index (χ0) is 8.48. The Morgan fingerprint density at radius 2 is 2.36 bits per heavy atom. The highest BCUT2D eigenvalue weighted by Gasteiger charge is 2.30. The summed E-state index contributed by atoms with van der Waals surface area (Å²) in [6.07, 6.45) is 1.13. The largest absolute Gasteiger partial charge is 0.443 e. The van der Waals surface area contributed by atoms with E-state index >= 15 is 0 Å². The van der Waals surface area contributed by atoms with Crippen LogP contribution in [0, 0.1) is 0 Å². The van der Waals surface area contributed by atoms with Gasteiger partial charge in [-0.25, -0.2) is 4.98 Å². The Bertz CT molecular complexity index is 241. The molecule has 1 rings (SSSR count). The Morgan fingerprint density at radius 1 is 1.73 bits per heavy atom. The van der Waals surface area contributed by atoms with Gasteiger partial charge in [0.05, 0.1) is 5.69 Å². The normalized spacial score (nSPS) is 12.0. The molecular formula is C6H8F2N2O. The van der Waals surface area contributed by atoms with Gasteiger partial charge in [-0.15, -0.1) is 0 Å². The molecule has 5 heteroatoms. The van der Waals surface area contributed by atoms with Crippen LogP contribution in [-0.2, 0) is 12.5 Å². The van der Waals surface area contributed by atoms with E-state index in [4.69, 9.17) is 5.73 Å². The molecule has 62 valence electrons. The molecule has 0 aliphatic carbocycles. The molecule has 0 unspecified atom stereocenters. The molecule has 2 N–H and O–H groups in total. The van der Waals surface area contributed by atoms with Gasteiger partial charge in [0.15, 0.2) is 0 Å².